The number of alkyl halides is 2. The highest BCUT2D eigenvalue weighted by Crippen LogP contribution is 2.29. The van der Waals surface area contributed by atoms with E-state index in [0.29, 0.717) is 36.1 Å². The van der Waals surface area contributed by atoms with E-state index in [4.69, 9.17) is 4.74 Å². The number of carbonyl (C=O) groups is 1. The molecular weight excluding hydrogens is 386 g/mol. The molecule has 0 spiro atoms. The van der Waals surface area contributed by atoms with E-state index in [9.17, 15) is 13.6 Å². The number of ether oxygens (including phenoxy) is 1. The Bertz CT molecular complexity index is 856. The lowest BCUT2D eigenvalue weighted by atomic mass is 10.1. The maximum absolute atomic E-state index is 14.5. The van der Waals surface area contributed by atoms with Gasteiger partial charge in [-0.05, 0) is 67.1 Å². The molecule has 1 aromatic heterocycles. The summed E-state index contributed by atoms with van der Waals surface area (Å²) in [5.41, 5.74) is 1.61. The Morgan fingerprint density at radius 3 is 2.23 bits per heavy atom. The lowest BCUT2D eigenvalue weighted by molar-refractivity contribution is -0.0505. The van der Waals surface area contributed by atoms with Crippen LogP contribution in [0.1, 0.15) is 54.9 Å². The zero-order valence-corrected chi connectivity index (χ0v) is 18.7. The van der Waals surface area contributed by atoms with Gasteiger partial charge in [-0.15, -0.1) is 0 Å². The normalized spacial score (nSPS) is 11.8. The molecule has 30 heavy (non-hydrogen) atoms. The predicted octanol–water partition coefficient (Wildman–Crippen LogP) is 5.62. The summed E-state index contributed by atoms with van der Waals surface area (Å²) < 4.78 is 34.5. The summed E-state index contributed by atoms with van der Waals surface area (Å²) in [7, 11) is 0. The summed E-state index contributed by atoms with van der Waals surface area (Å²) in [4.78, 5) is 18.7. The number of amides is 1. The van der Waals surface area contributed by atoms with Crippen LogP contribution in [0, 0.1) is 25.7 Å². The first-order valence-corrected chi connectivity index (χ1v) is 10.3. The minimum absolute atomic E-state index is 0.113. The maximum atomic E-state index is 14.5. The van der Waals surface area contributed by atoms with E-state index in [-0.39, 0.29) is 17.4 Å². The smallest absolute Gasteiger partial charge is 0.322 e. The van der Waals surface area contributed by atoms with Crippen molar-refractivity contribution in [1.82, 2.24) is 9.88 Å². The molecule has 0 aliphatic carbocycles. The highest BCUT2D eigenvalue weighted by Gasteiger charge is 2.34. The van der Waals surface area contributed by atoms with Gasteiger partial charge in [0, 0.05) is 24.8 Å². The summed E-state index contributed by atoms with van der Waals surface area (Å²) in [5.74, 6) is -2.44. The molecule has 0 aliphatic heterocycles. The second kappa shape index (κ2) is 10.0. The van der Waals surface area contributed by atoms with Gasteiger partial charge in [0.15, 0.2) is 6.61 Å². The van der Waals surface area contributed by atoms with Crippen molar-refractivity contribution in [3.63, 3.8) is 0 Å². The lowest BCUT2D eigenvalue weighted by Crippen LogP contribution is -2.37. The number of aromatic nitrogens is 1. The standard InChI is InChI=1S/C24H32F2N2O2/c1-16(2)13-28(14-17(3)4)23(29)20-9-19(6)10-21(12-20)30-15-24(25,26)22-11-18(5)7-8-27-22/h7-12,16-17H,13-15H2,1-6H3. The van der Waals surface area contributed by atoms with Crippen LogP contribution in [0.15, 0.2) is 36.5 Å². The summed E-state index contributed by atoms with van der Waals surface area (Å²) in [6, 6.07) is 7.99. The Morgan fingerprint density at radius 2 is 1.67 bits per heavy atom. The van der Waals surface area contributed by atoms with E-state index in [1.807, 2.05) is 11.8 Å². The van der Waals surface area contributed by atoms with Gasteiger partial charge in [-0.1, -0.05) is 27.7 Å². The Labute approximate surface area is 178 Å². The number of carbonyl (C=O) groups excluding carboxylic acids is 1. The molecule has 1 amide bonds. The lowest BCUT2D eigenvalue weighted by Gasteiger charge is -2.27. The molecule has 2 rings (SSSR count). The average Bonchev–Trinajstić information content (AvgIpc) is 2.64. The van der Waals surface area contributed by atoms with Gasteiger partial charge in [0.2, 0.25) is 0 Å². The van der Waals surface area contributed by atoms with Gasteiger partial charge in [-0.3, -0.25) is 9.78 Å². The van der Waals surface area contributed by atoms with Crippen LogP contribution in [0.4, 0.5) is 8.78 Å². The van der Waals surface area contributed by atoms with Gasteiger partial charge in [-0.25, -0.2) is 0 Å². The fourth-order valence-electron chi connectivity index (χ4n) is 3.24. The zero-order valence-electron chi connectivity index (χ0n) is 18.7. The first-order valence-electron chi connectivity index (χ1n) is 10.3. The van der Waals surface area contributed by atoms with Crippen molar-refractivity contribution < 1.29 is 18.3 Å². The Kier molecular flexibility index (Phi) is 7.93. The molecule has 0 saturated carbocycles. The van der Waals surface area contributed by atoms with Crippen molar-refractivity contribution in [2.45, 2.75) is 47.5 Å². The van der Waals surface area contributed by atoms with E-state index in [1.54, 1.807) is 31.2 Å². The minimum Gasteiger partial charge on any atom is -0.487 e. The van der Waals surface area contributed by atoms with Crippen molar-refractivity contribution in [2.75, 3.05) is 19.7 Å². The average molecular weight is 419 g/mol. The van der Waals surface area contributed by atoms with Crippen LogP contribution in [0.3, 0.4) is 0 Å². The summed E-state index contributed by atoms with van der Waals surface area (Å²) in [6.45, 7) is 12.2. The molecule has 0 fully saturated rings. The van der Waals surface area contributed by atoms with Gasteiger partial charge >= 0.3 is 5.92 Å². The van der Waals surface area contributed by atoms with Gasteiger partial charge in [0.25, 0.3) is 5.91 Å². The molecule has 0 bridgehead atoms. The number of benzene rings is 1. The Hall–Kier alpha value is -2.50. The molecule has 0 unspecified atom stereocenters. The quantitative estimate of drug-likeness (QED) is 0.530. The highest BCUT2D eigenvalue weighted by molar-refractivity contribution is 5.94. The number of hydrogen-bond donors (Lipinski definition) is 0. The third kappa shape index (κ3) is 6.78. The van der Waals surface area contributed by atoms with Gasteiger partial charge in [0.05, 0.1) is 0 Å². The number of halogens is 2. The SMILES string of the molecule is Cc1cc(OCC(F)(F)c2cc(C)ccn2)cc(C(=O)N(CC(C)C)CC(C)C)c1. The molecule has 1 heterocycles. The van der Waals surface area contributed by atoms with Crippen molar-refractivity contribution >= 4 is 5.91 Å². The topological polar surface area (TPSA) is 42.4 Å². The van der Waals surface area contributed by atoms with E-state index >= 15 is 0 Å². The fraction of sp³-hybridized carbons (Fsp3) is 0.500. The summed E-state index contributed by atoms with van der Waals surface area (Å²) in [5, 5.41) is 0. The van der Waals surface area contributed by atoms with Gasteiger partial charge in [-0.2, -0.15) is 8.78 Å². The summed E-state index contributed by atoms with van der Waals surface area (Å²) >= 11 is 0. The van der Waals surface area contributed by atoms with E-state index in [0.717, 1.165) is 5.56 Å². The van der Waals surface area contributed by atoms with Crippen LogP contribution < -0.4 is 4.74 Å². The molecule has 164 valence electrons. The zero-order chi connectivity index (χ0) is 22.5. The molecule has 6 heteroatoms. The second-order valence-corrected chi connectivity index (χ2v) is 8.74. The fourth-order valence-corrected chi connectivity index (χ4v) is 3.24. The molecule has 2 aromatic rings. The molecule has 0 atom stereocenters. The first-order chi connectivity index (χ1) is 14.0. The molecule has 0 aliphatic rings. The van der Waals surface area contributed by atoms with E-state index < -0.39 is 12.5 Å². The van der Waals surface area contributed by atoms with Gasteiger partial charge in [0.1, 0.15) is 11.4 Å². The van der Waals surface area contributed by atoms with Crippen LogP contribution >= 0.6 is 0 Å². The molecule has 0 N–H and O–H groups in total. The van der Waals surface area contributed by atoms with Crippen LogP contribution in [0.25, 0.3) is 0 Å². The number of hydrogen-bond acceptors (Lipinski definition) is 3. The second-order valence-electron chi connectivity index (χ2n) is 8.74. The van der Waals surface area contributed by atoms with Crippen molar-refractivity contribution in [2.24, 2.45) is 11.8 Å². The number of rotatable bonds is 9. The van der Waals surface area contributed by atoms with E-state index in [1.165, 1.54) is 12.3 Å². The number of nitrogens with zero attached hydrogens (tertiary/aromatic N) is 2. The third-order valence-electron chi connectivity index (χ3n) is 4.47. The maximum Gasteiger partial charge on any atom is 0.322 e. The highest BCUT2D eigenvalue weighted by atomic mass is 19.3. The number of aryl methyl sites for hydroxylation is 2. The third-order valence-corrected chi connectivity index (χ3v) is 4.47. The number of pyridine rings is 1. The molecule has 4 nitrogen and oxygen atoms in total. The Morgan fingerprint density at radius 1 is 1.03 bits per heavy atom. The van der Waals surface area contributed by atoms with Gasteiger partial charge < -0.3 is 9.64 Å². The van der Waals surface area contributed by atoms with Crippen molar-refractivity contribution in [3.8, 4) is 5.75 Å². The molecular formula is C24H32F2N2O2. The van der Waals surface area contributed by atoms with Crippen molar-refractivity contribution in [1.29, 1.82) is 0 Å². The summed E-state index contributed by atoms with van der Waals surface area (Å²) in [6.07, 6.45) is 1.36. The largest absolute Gasteiger partial charge is 0.487 e. The van der Waals surface area contributed by atoms with E-state index in [2.05, 4.69) is 32.7 Å². The van der Waals surface area contributed by atoms with Crippen LogP contribution in [0.5, 0.6) is 5.75 Å². The first kappa shape index (κ1) is 23.8. The monoisotopic (exact) mass is 418 g/mol. The van der Waals surface area contributed by atoms with Crippen LogP contribution in [-0.4, -0.2) is 35.5 Å². The van der Waals surface area contributed by atoms with Crippen molar-refractivity contribution in [3.05, 3.63) is 58.9 Å². The minimum atomic E-state index is -3.23. The molecule has 0 radical (unpaired) electrons. The predicted molar refractivity (Wildman–Crippen MR) is 115 cm³/mol. The van der Waals surface area contributed by atoms with Crippen LogP contribution in [-0.2, 0) is 5.92 Å². The molecule has 0 saturated heterocycles. The Balaban J connectivity index is 2.20. The van der Waals surface area contributed by atoms with Crippen LogP contribution in [0.2, 0.25) is 0 Å². The molecule has 1 aromatic carbocycles.